The summed E-state index contributed by atoms with van der Waals surface area (Å²) >= 11 is 8.62. The summed E-state index contributed by atoms with van der Waals surface area (Å²) in [5, 5.41) is 13.5. The van der Waals surface area contributed by atoms with Gasteiger partial charge in [-0.1, -0.05) is 60.4 Å². The third-order valence-corrected chi connectivity index (χ3v) is 10.5. The molecule has 200 valence electrons. The first-order valence-electron chi connectivity index (χ1n) is 13.2. The minimum Gasteiger partial charge on any atom is -0.356 e. The minimum absolute atomic E-state index is 0.0696. The first kappa shape index (κ1) is 26.3. The Labute approximate surface area is 241 Å². The molecule has 0 saturated carbocycles. The quantitative estimate of drug-likeness (QED) is 0.451. The van der Waals surface area contributed by atoms with E-state index in [9.17, 15) is 14.9 Å². The molecule has 2 atom stereocenters. The Morgan fingerprint density at radius 1 is 1.15 bits per heavy atom. The van der Waals surface area contributed by atoms with E-state index in [1.165, 1.54) is 28.7 Å². The fraction of sp³-hybridized carbons (Fsp3) is 0.379. The summed E-state index contributed by atoms with van der Waals surface area (Å²) in [4.78, 5) is 31.0. The Kier molecular flexibility index (Phi) is 7.58. The number of likely N-dealkylation sites (tertiary alicyclic amines) is 1. The lowest BCUT2D eigenvalue weighted by molar-refractivity contribution is -0.113. The molecule has 0 radical (unpaired) electrons. The Bertz CT molecular complexity index is 1510. The molecule has 10 heteroatoms. The number of nitrogens with zero attached hydrogens (tertiary/aromatic N) is 4. The number of hydrogen-bond donors (Lipinski definition) is 1. The maximum Gasteiger partial charge on any atom is 0.250 e. The van der Waals surface area contributed by atoms with E-state index in [0.717, 1.165) is 68.2 Å². The van der Waals surface area contributed by atoms with Crippen molar-refractivity contribution in [3.8, 4) is 6.07 Å². The molecule has 1 saturated heterocycles. The number of carbonyl (C=O) groups excluding carboxylic acids is 1. The number of rotatable bonds is 5. The van der Waals surface area contributed by atoms with Crippen molar-refractivity contribution in [3.05, 3.63) is 86.1 Å². The van der Waals surface area contributed by atoms with E-state index in [4.69, 9.17) is 12.2 Å². The molecule has 0 aliphatic carbocycles. The van der Waals surface area contributed by atoms with Crippen molar-refractivity contribution in [1.29, 1.82) is 5.26 Å². The number of hydrogen-bond acceptors (Lipinski definition) is 7. The van der Waals surface area contributed by atoms with Crippen molar-refractivity contribution in [2.45, 2.75) is 38.4 Å². The van der Waals surface area contributed by atoms with Gasteiger partial charge in [0, 0.05) is 61.8 Å². The summed E-state index contributed by atoms with van der Waals surface area (Å²) in [5.74, 6) is 0.707. The molecule has 1 aromatic carbocycles. The average Bonchev–Trinajstić information content (AvgIpc) is 3.28. The molecule has 0 unspecified atom stereocenters. The van der Waals surface area contributed by atoms with Crippen LogP contribution in [-0.2, 0) is 30.8 Å². The summed E-state index contributed by atoms with van der Waals surface area (Å²) in [6.07, 6.45) is 1.87. The van der Waals surface area contributed by atoms with Gasteiger partial charge >= 0.3 is 0 Å². The smallest absolute Gasteiger partial charge is 0.250 e. The van der Waals surface area contributed by atoms with Gasteiger partial charge in [0.1, 0.15) is 15.4 Å². The maximum absolute atomic E-state index is 12.9. The van der Waals surface area contributed by atoms with Crippen LogP contribution in [0.2, 0.25) is 0 Å². The number of benzene rings is 1. The van der Waals surface area contributed by atoms with Gasteiger partial charge in [-0.2, -0.15) is 5.26 Å². The molecule has 2 bridgehead atoms. The number of aromatic nitrogens is 1. The normalized spacial score (nSPS) is 20.0. The molecule has 1 fully saturated rings. The van der Waals surface area contributed by atoms with Crippen molar-refractivity contribution < 1.29 is 4.79 Å². The summed E-state index contributed by atoms with van der Waals surface area (Å²) in [7, 11) is 0. The Morgan fingerprint density at radius 3 is 2.82 bits per heavy atom. The highest BCUT2D eigenvalue weighted by Gasteiger charge is 2.35. The van der Waals surface area contributed by atoms with Gasteiger partial charge in [-0.05, 0) is 36.0 Å². The Balaban J connectivity index is 1.05. The fourth-order valence-corrected chi connectivity index (χ4v) is 8.31. The molecule has 3 aromatic rings. The zero-order valence-corrected chi connectivity index (χ0v) is 23.9. The average molecular weight is 576 g/mol. The largest absolute Gasteiger partial charge is 0.356 e. The predicted octanol–water partition coefficient (Wildman–Crippen LogP) is 4.42. The van der Waals surface area contributed by atoms with Gasteiger partial charge in [0.2, 0.25) is 5.91 Å². The van der Waals surface area contributed by atoms with Crippen LogP contribution in [0, 0.1) is 17.2 Å². The van der Waals surface area contributed by atoms with Crippen LogP contribution in [-0.4, -0.2) is 50.0 Å². The second-order valence-electron chi connectivity index (χ2n) is 10.5. The SMILES string of the molecule is N#Cc1c(NC(=O)CSC(=S)N2C[C@H]3C[C@H](C2)c2cccc(=O)n2C3)sc2c1CCN(Cc1ccccc1)C2. The zero-order valence-electron chi connectivity index (χ0n) is 21.5. The number of thiocarbonyl (C=S) groups is 1. The second kappa shape index (κ2) is 11.3. The molecule has 7 nitrogen and oxygen atoms in total. The van der Waals surface area contributed by atoms with E-state index in [1.807, 2.05) is 22.8 Å². The van der Waals surface area contributed by atoms with Crippen molar-refractivity contribution in [2.75, 3.05) is 30.7 Å². The molecule has 2 aromatic heterocycles. The second-order valence-corrected chi connectivity index (χ2v) is 13.2. The van der Waals surface area contributed by atoms with Crippen LogP contribution in [0.4, 0.5) is 5.00 Å². The lowest BCUT2D eigenvalue weighted by atomic mass is 9.83. The first-order chi connectivity index (χ1) is 19.0. The number of piperidine rings is 1. The van der Waals surface area contributed by atoms with Crippen molar-refractivity contribution in [1.82, 2.24) is 14.4 Å². The highest BCUT2D eigenvalue weighted by molar-refractivity contribution is 8.23. The molecule has 1 amide bonds. The zero-order chi connectivity index (χ0) is 26.9. The Hall–Kier alpha value is -2.97. The number of carbonyl (C=O) groups is 1. The van der Waals surface area contributed by atoms with Crippen molar-refractivity contribution in [3.63, 3.8) is 0 Å². The number of thiophene rings is 1. The molecule has 3 aliphatic heterocycles. The summed E-state index contributed by atoms with van der Waals surface area (Å²) < 4.78 is 2.63. The molecule has 1 N–H and O–H groups in total. The highest BCUT2D eigenvalue weighted by atomic mass is 32.2. The van der Waals surface area contributed by atoms with Gasteiger partial charge in [0.15, 0.2) is 0 Å². The standard InChI is InChI=1S/C29H29N5O2S3/c30-12-23-22-9-10-32(13-19-5-2-1-3-6-19)17-25(22)39-28(23)31-26(35)18-38-29(37)33-14-20-11-21(16-33)24-7-4-8-27(36)34(24)15-20/h1-8,20-21H,9-11,13-18H2,(H,31,35)/t20-,21-/m1/s1. The van der Waals surface area contributed by atoms with E-state index >= 15 is 0 Å². The van der Waals surface area contributed by atoms with Crippen molar-refractivity contribution >= 4 is 50.5 Å². The van der Waals surface area contributed by atoms with Crippen LogP contribution < -0.4 is 10.9 Å². The number of nitriles is 1. The molecule has 0 spiro atoms. The molecular weight excluding hydrogens is 547 g/mol. The van der Waals surface area contributed by atoms with Crippen molar-refractivity contribution in [2.24, 2.45) is 5.92 Å². The van der Waals surface area contributed by atoms with Crippen LogP contribution >= 0.6 is 35.3 Å². The fourth-order valence-electron chi connectivity index (χ4n) is 6.07. The van der Waals surface area contributed by atoms with Gasteiger partial charge in [-0.15, -0.1) is 11.3 Å². The van der Waals surface area contributed by atoms with Gasteiger partial charge in [0.05, 0.1) is 11.3 Å². The molecule has 5 heterocycles. The van der Waals surface area contributed by atoms with Gasteiger partial charge in [-0.3, -0.25) is 14.5 Å². The van der Waals surface area contributed by atoms with Crippen LogP contribution in [0.1, 0.15) is 39.6 Å². The lowest BCUT2D eigenvalue weighted by Crippen LogP contribution is -2.48. The molecule has 3 aliphatic rings. The monoisotopic (exact) mass is 575 g/mol. The summed E-state index contributed by atoms with van der Waals surface area (Å²) in [5.41, 5.74) is 4.11. The van der Waals surface area contributed by atoms with E-state index in [-0.39, 0.29) is 23.1 Å². The number of pyridine rings is 1. The van der Waals surface area contributed by atoms with E-state index < -0.39 is 0 Å². The number of anilines is 1. The highest BCUT2D eigenvalue weighted by Crippen LogP contribution is 2.38. The third-order valence-electron chi connectivity index (χ3n) is 7.81. The number of fused-ring (bicyclic) bond motifs is 5. The van der Waals surface area contributed by atoms with E-state index in [0.29, 0.717) is 20.8 Å². The Morgan fingerprint density at radius 2 is 2.00 bits per heavy atom. The topological polar surface area (TPSA) is 81.4 Å². The van der Waals surface area contributed by atoms with Gasteiger partial charge in [-0.25, -0.2) is 0 Å². The van der Waals surface area contributed by atoms with E-state index in [1.54, 1.807) is 6.07 Å². The number of amides is 1. The molecule has 39 heavy (non-hydrogen) atoms. The van der Waals surface area contributed by atoms with Crippen LogP contribution in [0.3, 0.4) is 0 Å². The third kappa shape index (κ3) is 5.54. The predicted molar refractivity (Wildman–Crippen MR) is 160 cm³/mol. The minimum atomic E-state index is -0.146. The first-order valence-corrected chi connectivity index (χ1v) is 15.4. The van der Waals surface area contributed by atoms with Crippen LogP contribution in [0.5, 0.6) is 0 Å². The summed E-state index contributed by atoms with van der Waals surface area (Å²) in [6.45, 7) is 4.84. The number of nitrogens with one attached hydrogen (secondary N) is 1. The van der Waals surface area contributed by atoms with Gasteiger partial charge in [0.25, 0.3) is 5.56 Å². The molecule has 6 rings (SSSR count). The maximum atomic E-state index is 12.9. The summed E-state index contributed by atoms with van der Waals surface area (Å²) in [6, 6.07) is 18.2. The number of thioether (sulfide) groups is 1. The molecular formula is C29H29N5O2S3. The van der Waals surface area contributed by atoms with Crippen LogP contribution in [0.15, 0.2) is 53.3 Å². The van der Waals surface area contributed by atoms with E-state index in [2.05, 4.69) is 45.5 Å². The lowest BCUT2D eigenvalue weighted by Gasteiger charge is -2.43. The van der Waals surface area contributed by atoms with Gasteiger partial charge < -0.3 is 14.8 Å². The van der Waals surface area contributed by atoms with Crippen LogP contribution in [0.25, 0.3) is 0 Å².